The summed E-state index contributed by atoms with van der Waals surface area (Å²) >= 11 is 0. The smallest absolute Gasteiger partial charge is 0.322 e. The summed E-state index contributed by atoms with van der Waals surface area (Å²) in [6.45, 7) is 4.06. The Balaban J connectivity index is 1.24. The Kier molecular flexibility index (Phi) is 6.86. The molecule has 0 saturated carbocycles. The average Bonchev–Trinajstić information content (AvgIpc) is 3.60. The minimum absolute atomic E-state index is 0.0810. The first-order valence-electron chi connectivity index (χ1n) is 13.5. The number of hydrogen-bond acceptors (Lipinski definition) is 4. The van der Waals surface area contributed by atoms with Gasteiger partial charge < -0.3 is 10.2 Å². The van der Waals surface area contributed by atoms with Gasteiger partial charge in [-0.25, -0.2) is 0 Å². The van der Waals surface area contributed by atoms with E-state index < -0.39 is 17.6 Å². The molecule has 3 aromatic carbocycles. The molecule has 3 heterocycles. The molecule has 41 heavy (non-hydrogen) atoms. The van der Waals surface area contributed by atoms with Crippen LogP contribution in [-0.4, -0.2) is 50.9 Å². The van der Waals surface area contributed by atoms with Gasteiger partial charge in [-0.05, 0) is 99.1 Å². The lowest BCUT2D eigenvalue weighted by Gasteiger charge is -2.28. The van der Waals surface area contributed by atoms with Gasteiger partial charge >= 0.3 is 6.18 Å². The van der Waals surface area contributed by atoms with E-state index in [2.05, 4.69) is 43.4 Å². The summed E-state index contributed by atoms with van der Waals surface area (Å²) < 4.78 is 41.3. The van der Waals surface area contributed by atoms with Crippen LogP contribution in [0.15, 0.2) is 73.1 Å². The van der Waals surface area contributed by atoms with Gasteiger partial charge in [0, 0.05) is 28.4 Å². The van der Waals surface area contributed by atoms with Crippen LogP contribution in [-0.2, 0) is 6.18 Å². The summed E-state index contributed by atoms with van der Waals surface area (Å²) in [5.74, 6) is -0.489. The van der Waals surface area contributed by atoms with Crippen molar-refractivity contribution in [2.24, 2.45) is 0 Å². The topological polar surface area (TPSA) is 78.8 Å². The van der Waals surface area contributed by atoms with Crippen molar-refractivity contribution < 1.29 is 18.0 Å². The van der Waals surface area contributed by atoms with Gasteiger partial charge in [-0.2, -0.15) is 23.4 Å². The van der Waals surface area contributed by atoms with E-state index in [0.29, 0.717) is 11.6 Å². The number of aromatic nitrogens is 4. The standard InChI is InChI=1S/C31H29F3N6O/c1-19-6-7-21(30(41)36-24-5-3-4-23(16-24)31(32,33)34)14-27(19)20-8-9-26-28(15-20)37-38-29(26)22-17-35-40(18-22)25-10-12-39(2)13-11-25/h3-9,14-18,25H,10-13H2,1-2H3,(H,36,41)(H,37,38). The fourth-order valence-corrected chi connectivity index (χ4v) is 5.38. The van der Waals surface area contributed by atoms with Crippen LogP contribution in [0.1, 0.15) is 40.4 Å². The Morgan fingerprint density at radius 2 is 1.83 bits per heavy atom. The van der Waals surface area contributed by atoms with Crippen LogP contribution in [0.2, 0.25) is 0 Å². The van der Waals surface area contributed by atoms with Crippen molar-refractivity contribution in [3.63, 3.8) is 0 Å². The summed E-state index contributed by atoms with van der Waals surface area (Å²) in [7, 11) is 2.14. The third-order valence-electron chi connectivity index (χ3n) is 7.76. The zero-order chi connectivity index (χ0) is 28.7. The largest absolute Gasteiger partial charge is 0.416 e. The molecule has 0 unspecified atom stereocenters. The van der Waals surface area contributed by atoms with Crippen molar-refractivity contribution in [2.75, 3.05) is 25.5 Å². The third kappa shape index (κ3) is 5.47. The number of carbonyl (C=O) groups excluding carboxylic acids is 1. The average molecular weight is 559 g/mol. The van der Waals surface area contributed by atoms with Crippen LogP contribution < -0.4 is 5.32 Å². The fourth-order valence-electron chi connectivity index (χ4n) is 5.38. The number of aryl methyl sites for hydroxylation is 1. The van der Waals surface area contributed by atoms with Crippen LogP contribution in [0.3, 0.4) is 0 Å². The zero-order valence-electron chi connectivity index (χ0n) is 22.7. The Morgan fingerprint density at radius 3 is 2.61 bits per heavy atom. The summed E-state index contributed by atoms with van der Waals surface area (Å²) in [5, 5.41) is 15.9. The van der Waals surface area contributed by atoms with E-state index in [1.54, 1.807) is 12.1 Å². The molecule has 2 N–H and O–H groups in total. The predicted molar refractivity (Wildman–Crippen MR) is 153 cm³/mol. The number of alkyl halides is 3. The van der Waals surface area contributed by atoms with Gasteiger partial charge in [0.25, 0.3) is 5.91 Å². The van der Waals surface area contributed by atoms with E-state index in [4.69, 9.17) is 0 Å². The molecule has 5 aromatic rings. The van der Waals surface area contributed by atoms with Gasteiger partial charge in [-0.1, -0.05) is 18.2 Å². The molecule has 0 atom stereocenters. The van der Waals surface area contributed by atoms with Crippen LogP contribution in [0.5, 0.6) is 0 Å². The maximum Gasteiger partial charge on any atom is 0.416 e. The lowest BCUT2D eigenvalue weighted by molar-refractivity contribution is -0.137. The van der Waals surface area contributed by atoms with Crippen molar-refractivity contribution >= 4 is 22.5 Å². The van der Waals surface area contributed by atoms with Gasteiger partial charge in [0.1, 0.15) is 5.69 Å². The minimum Gasteiger partial charge on any atom is -0.322 e. The molecule has 1 aliphatic rings. The maximum atomic E-state index is 13.1. The van der Waals surface area contributed by atoms with Gasteiger partial charge in [0.15, 0.2) is 0 Å². The quantitative estimate of drug-likeness (QED) is 0.245. The van der Waals surface area contributed by atoms with E-state index in [0.717, 1.165) is 76.9 Å². The number of rotatable bonds is 5. The number of benzene rings is 3. The second kappa shape index (κ2) is 10.5. The molecular weight excluding hydrogens is 529 g/mol. The number of nitrogens with one attached hydrogen (secondary N) is 2. The summed E-state index contributed by atoms with van der Waals surface area (Å²) in [4.78, 5) is 15.3. The first kappa shape index (κ1) is 26.8. The van der Waals surface area contributed by atoms with Crippen molar-refractivity contribution in [1.82, 2.24) is 24.9 Å². The normalized spacial score (nSPS) is 15.0. The van der Waals surface area contributed by atoms with Gasteiger partial charge in [0.05, 0.1) is 23.3 Å². The second-order valence-electron chi connectivity index (χ2n) is 10.6. The highest BCUT2D eigenvalue weighted by atomic mass is 19.4. The summed E-state index contributed by atoms with van der Waals surface area (Å²) in [6, 6.07) is 16.2. The van der Waals surface area contributed by atoms with E-state index in [1.807, 2.05) is 37.4 Å². The molecule has 1 amide bonds. The molecule has 2 aromatic heterocycles. The Hall–Kier alpha value is -4.44. The van der Waals surface area contributed by atoms with E-state index >= 15 is 0 Å². The summed E-state index contributed by atoms with van der Waals surface area (Å²) in [6.07, 6.45) is 1.57. The molecule has 6 rings (SSSR count). The van der Waals surface area contributed by atoms with Gasteiger partial charge in [-0.3, -0.25) is 14.6 Å². The fraction of sp³-hybridized carbons (Fsp3) is 0.258. The second-order valence-corrected chi connectivity index (χ2v) is 10.6. The third-order valence-corrected chi connectivity index (χ3v) is 7.76. The molecular formula is C31H29F3N6O. The lowest BCUT2D eigenvalue weighted by atomic mass is 9.96. The zero-order valence-corrected chi connectivity index (χ0v) is 22.7. The number of amides is 1. The van der Waals surface area contributed by atoms with E-state index in [9.17, 15) is 18.0 Å². The molecule has 1 saturated heterocycles. The van der Waals surface area contributed by atoms with Crippen molar-refractivity contribution in [3.05, 3.63) is 89.7 Å². The molecule has 0 radical (unpaired) electrons. The van der Waals surface area contributed by atoms with Crippen LogP contribution >= 0.6 is 0 Å². The monoisotopic (exact) mass is 558 g/mol. The molecule has 210 valence electrons. The molecule has 0 spiro atoms. The van der Waals surface area contributed by atoms with Crippen molar-refractivity contribution in [2.45, 2.75) is 32.0 Å². The Bertz CT molecular complexity index is 1730. The number of fused-ring (bicyclic) bond motifs is 1. The number of hydrogen-bond donors (Lipinski definition) is 2. The number of halogens is 3. The summed E-state index contributed by atoms with van der Waals surface area (Å²) in [5.41, 5.74) is 4.93. The number of aromatic amines is 1. The SMILES string of the molecule is Cc1ccc(C(=O)Nc2cccc(C(F)(F)F)c2)cc1-c1ccc2c(-c3cnn(C4CCN(C)CC4)c3)n[nH]c2c1. The number of nitrogens with zero attached hydrogens (tertiary/aromatic N) is 4. The Labute approximate surface area is 235 Å². The van der Waals surface area contributed by atoms with Crippen LogP contribution in [0.25, 0.3) is 33.3 Å². The highest BCUT2D eigenvalue weighted by molar-refractivity contribution is 6.05. The predicted octanol–water partition coefficient (Wildman–Crippen LogP) is 6.94. The molecule has 1 aliphatic heterocycles. The van der Waals surface area contributed by atoms with Crippen molar-refractivity contribution in [1.29, 1.82) is 0 Å². The maximum absolute atomic E-state index is 13.1. The minimum atomic E-state index is -4.49. The number of anilines is 1. The van der Waals surface area contributed by atoms with Crippen molar-refractivity contribution in [3.8, 4) is 22.4 Å². The van der Waals surface area contributed by atoms with Crippen LogP contribution in [0, 0.1) is 6.92 Å². The van der Waals surface area contributed by atoms with Gasteiger partial charge in [-0.15, -0.1) is 0 Å². The van der Waals surface area contributed by atoms with Gasteiger partial charge in [0.2, 0.25) is 0 Å². The first-order chi connectivity index (χ1) is 19.7. The molecule has 10 heteroatoms. The highest BCUT2D eigenvalue weighted by Crippen LogP contribution is 2.33. The van der Waals surface area contributed by atoms with E-state index in [1.165, 1.54) is 12.1 Å². The highest BCUT2D eigenvalue weighted by Gasteiger charge is 2.30. The molecule has 0 bridgehead atoms. The number of carbonyl (C=O) groups is 1. The molecule has 7 nitrogen and oxygen atoms in total. The lowest BCUT2D eigenvalue weighted by Crippen LogP contribution is -2.31. The van der Waals surface area contributed by atoms with E-state index in [-0.39, 0.29) is 5.69 Å². The molecule has 0 aliphatic carbocycles. The number of piperidine rings is 1. The Morgan fingerprint density at radius 1 is 1.02 bits per heavy atom. The first-order valence-corrected chi connectivity index (χ1v) is 13.5. The molecule has 1 fully saturated rings. The van der Waals surface area contributed by atoms with Crippen LogP contribution in [0.4, 0.5) is 18.9 Å². The number of likely N-dealkylation sites (tertiary alicyclic amines) is 1. The number of H-pyrrole nitrogens is 1.